The molecule has 0 radical (unpaired) electrons. The molecule has 124 valence electrons. The molecule has 1 unspecified atom stereocenters. The molecular weight excluding hydrogens is 312 g/mol. The van der Waals surface area contributed by atoms with Crippen molar-refractivity contribution >= 4 is 18.3 Å². The smallest absolute Gasteiger partial charge is 0.253 e. The summed E-state index contributed by atoms with van der Waals surface area (Å²) < 4.78 is 5.20. The fraction of sp³-hybridized carbons (Fsp3) is 0.278. The van der Waals surface area contributed by atoms with E-state index in [0.717, 1.165) is 11.1 Å². The number of methoxy groups -OCH3 is 1. The number of nitrogens with two attached hydrogens (primary N) is 1. The van der Waals surface area contributed by atoms with Crippen molar-refractivity contribution in [2.24, 2.45) is 5.73 Å². The average Bonchev–Trinajstić information content (AvgIpc) is 2.57. The van der Waals surface area contributed by atoms with Gasteiger partial charge in [0.05, 0.1) is 0 Å². The van der Waals surface area contributed by atoms with Crippen LogP contribution in [0.2, 0.25) is 0 Å². The maximum absolute atomic E-state index is 12.6. The largest absolute Gasteiger partial charge is 0.370 e. The number of carbonyl (C=O) groups is 1. The minimum absolute atomic E-state index is 0. The Labute approximate surface area is 143 Å². The molecule has 5 heteroatoms. The topological polar surface area (TPSA) is 55.6 Å². The minimum atomic E-state index is -0.604. The molecular formula is C18H23ClN2O2. The van der Waals surface area contributed by atoms with Crippen molar-refractivity contribution in [3.63, 3.8) is 0 Å². The summed E-state index contributed by atoms with van der Waals surface area (Å²) in [6, 6.07) is 19.8. The predicted octanol–water partition coefficient (Wildman–Crippen LogP) is 2.61. The highest BCUT2D eigenvalue weighted by atomic mass is 35.5. The van der Waals surface area contributed by atoms with Gasteiger partial charge in [0.15, 0.2) is 0 Å². The lowest BCUT2D eigenvalue weighted by atomic mass is 10.1. The number of hydrogen-bond donors (Lipinski definition) is 1. The Balaban J connectivity index is 0.00000264. The van der Waals surface area contributed by atoms with Crippen molar-refractivity contribution in [1.82, 2.24) is 4.90 Å². The molecule has 1 atom stereocenters. The van der Waals surface area contributed by atoms with Crippen LogP contribution in [0.1, 0.15) is 11.1 Å². The molecule has 2 aromatic carbocycles. The van der Waals surface area contributed by atoms with Gasteiger partial charge in [-0.15, -0.1) is 12.4 Å². The molecule has 0 spiro atoms. The van der Waals surface area contributed by atoms with E-state index in [2.05, 4.69) is 0 Å². The van der Waals surface area contributed by atoms with Gasteiger partial charge in [-0.2, -0.15) is 0 Å². The summed E-state index contributed by atoms with van der Waals surface area (Å²) in [4.78, 5) is 14.4. The van der Waals surface area contributed by atoms with Gasteiger partial charge in [-0.05, 0) is 11.1 Å². The molecule has 0 aliphatic rings. The Morgan fingerprint density at radius 2 is 1.43 bits per heavy atom. The summed E-state index contributed by atoms with van der Waals surface area (Å²) in [5, 5.41) is 0. The number of hydrogen-bond acceptors (Lipinski definition) is 3. The fourth-order valence-corrected chi connectivity index (χ4v) is 2.32. The number of amides is 1. The molecule has 4 nitrogen and oxygen atoms in total. The third-order valence-electron chi connectivity index (χ3n) is 3.52. The van der Waals surface area contributed by atoms with Gasteiger partial charge in [0.2, 0.25) is 0 Å². The van der Waals surface area contributed by atoms with Crippen molar-refractivity contribution in [2.75, 3.05) is 13.7 Å². The third-order valence-corrected chi connectivity index (χ3v) is 3.52. The van der Waals surface area contributed by atoms with Gasteiger partial charge in [0.25, 0.3) is 5.91 Å². The molecule has 0 fully saturated rings. The first-order valence-corrected chi connectivity index (χ1v) is 7.34. The number of benzene rings is 2. The summed E-state index contributed by atoms with van der Waals surface area (Å²) in [5.74, 6) is -0.0855. The van der Waals surface area contributed by atoms with Gasteiger partial charge < -0.3 is 15.4 Å². The summed E-state index contributed by atoms with van der Waals surface area (Å²) in [6.07, 6.45) is -0.604. The second-order valence-electron chi connectivity index (χ2n) is 5.13. The van der Waals surface area contributed by atoms with Crippen molar-refractivity contribution in [3.05, 3.63) is 71.8 Å². The van der Waals surface area contributed by atoms with Gasteiger partial charge in [0, 0.05) is 26.7 Å². The van der Waals surface area contributed by atoms with Crippen molar-refractivity contribution in [3.8, 4) is 0 Å². The number of rotatable bonds is 7. The molecule has 2 N–H and O–H groups in total. The minimum Gasteiger partial charge on any atom is -0.370 e. The quantitative estimate of drug-likeness (QED) is 0.846. The molecule has 0 saturated carbocycles. The maximum Gasteiger partial charge on any atom is 0.253 e. The Hall–Kier alpha value is -1.88. The number of ether oxygens (including phenoxy) is 1. The van der Waals surface area contributed by atoms with Crippen LogP contribution >= 0.6 is 12.4 Å². The van der Waals surface area contributed by atoms with Crippen LogP contribution in [0.5, 0.6) is 0 Å². The summed E-state index contributed by atoms with van der Waals surface area (Å²) in [5.41, 5.74) is 7.80. The molecule has 2 aromatic rings. The Morgan fingerprint density at radius 1 is 1.00 bits per heavy atom. The standard InChI is InChI=1S/C18H22N2O2.ClH/c1-22-17(12-19)18(21)20(13-15-8-4-2-5-9-15)14-16-10-6-3-7-11-16;/h2-11,17H,12-14,19H2,1H3;1H. The zero-order valence-corrected chi connectivity index (χ0v) is 14.0. The molecule has 23 heavy (non-hydrogen) atoms. The molecule has 0 aliphatic carbocycles. The lowest BCUT2D eigenvalue weighted by Crippen LogP contribution is -2.43. The number of carbonyl (C=O) groups excluding carboxylic acids is 1. The van der Waals surface area contributed by atoms with Gasteiger partial charge in [-0.25, -0.2) is 0 Å². The van der Waals surface area contributed by atoms with E-state index < -0.39 is 6.10 Å². The second-order valence-corrected chi connectivity index (χ2v) is 5.13. The van der Waals surface area contributed by atoms with E-state index in [9.17, 15) is 4.79 Å². The van der Waals surface area contributed by atoms with Gasteiger partial charge in [-0.3, -0.25) is 4.79 Å². The van der Waals surface area contributed by atoms with E-state index in [1.54, 1.807) is 4.90 Å². The van der Waals surface area contributed by atoms with Gasteiger partial charge in [-0.1, -0.05) is 60.7 Å². The van der Waals surface area contributed by atoms with E-state index in [4.69, 9.17) is 10.5 Å². The van der Waals surface area contributed by atoms with Crippen molar-refractivity contribution in [1.29, 1.82) is 0 Å². The van der Waals surface area contributed by atoms with E-state index in [-0.39, 0.29) is 24.9 Å². The normalized spacial score (nSPS) is 11.4. The van der Waals surface area contributed by atoms with Crippen LogP contribution in [-0.4, -0.2) is 30.6 Å². The molecule has 0 heterocycles. The monoisotopic (exact) mass is 334 g/mol. The van der Waals surface area contributed by atoms with E-state index >= 15 is 0 Å². The summed E-state index contributed by atoms with van der Waals surface area (Å²) >= 11 is 0. The maximum atomic E-state index is 12.6. The Kier molecular flexibility index (Phi) is 8.33. The SMILES string of the molecule is COC(CN)C(=O)N(Cc1ccccc1)Cc1ccccc1.Cl. The number of nitrogens with zero attached hydrogens (tertiary/aromatic N) is 1. The zero-order valence-electron chi connectivity index (χ0n) is 13.2. The van der Waals surface area contributed by atoms with E-state index in [1.807, 2.05) is 60.7 Å². The van der Waals surface area contributed by atoms with E-state index in [0.29, 0.717) is 13.1 Å². The average molecular weight is 335 g/mol. The molecule has 1 amide bonds. The van der Waals surface area contributed by atoms with Crippen LogP contribution in [0.15, 0.2) is 60.7 Å². The molecule has 0 bridgehead atoms. The van der Waals surface area contributed by atoms with Crippen LogP contribution in [0.25, 0.3) is 0 Å². The third kappa shape index (κ3) is 5.67. The first kappa shape index (κ1) is 19.2. The fourth-order valence-electron chi connectivity index (χ4n) is 2.32. The van der Waals surface area contributed by atoms with Gasteiger partial charge in [0.1, 0.15) is 6.10 Å². The second kappa shape index (κ2) is 10.0. The highest BCUT2D eigenvalue weighted by Crippen LogP contribution is 2.12. The predicted molar refractivity (Wildman–Crippen MR) is 94.2 cm³/mol. The van der Waals surface area contributed by atoms with Crippen molar-refractivity contribution in [2.45, 2.75) is 19.2 Å². The first-order valence-electron chi connectivity index (χ1n) is 7.34. The van der Waals surface area contributed by atoms with Crippen LogP contribution in [0, 0.1) is 0 Å². The van der Waals surface area contributed by atoms with Crippen molar-refractivity contribution < 1.29 is 9.53 Å². The zero-order chi connectivity index (χ0) is 15.8. The Bertz CT molecular complexity index is 533. The summed E-state index contributed by atoms with van der Waals surface area (Å²) in [7, 11) is 1.51. The summed E-state index contributed by atoms with van der Waals surface area (Å²) in [6.45, 7) is 1.25. The van der Waals surface area contributed by atoms with Crippen LogP contribution in [-0.2, 0) is 22.6 Å². The molecule has 0 saturated heterocycles. The lowest BCUT2D eigenvalue weighted by Gasteiger charge is -2.26. The highest BCUT2D eigenvalue weighted by Gasteiger charge is 2.23. The molecule has 0 aromatic heterocycles. The highest BCUT2D eigenvalue weighted by molar-refractivity contribution is 5.85. The van der Waals surface area contributed by atoms with Crippen LogP contribution < -0.4 is 5.73 Å². The lowest BCUT2D eigenvalue weighted by molar-refractivity contribution is -0.142. The Morgan fingerprint density at radius 3 is 1.78 bits per heavy atom. The first-order chi connectivity index (χ1) is 10.7. The number of halogens is 1. The van der Waals surface area contributed by atoms with Gasteiger partial charge >= 0.3 is 0 Å². The molecule has 0 aliphatic heterocycles. The molecule has 2 rings (SSSR count). The van der Waals surface area contributed by atoms with E-state index in [1.165, 1.54) is 7.11 Å². The van der Waals surface area contributed by atoms with Crippen LogP contribution in [0.4, 0.5) is 0 Å². The van der Waals surface area contributed by atoms with Crippen LogP contribution in [0.3, 0.4) is 0 Å².